The molecule has 0 heterocycles. The van der Waals surface area contributed by atoms with Crippen molar-refractivity contribution >= 4 is 17.6 Å². The van der Waals surface area contributed by atoms with Crippen LogP contribution in [-0.4, -0.2) is 23.6 Å². The van der Waals surface area contributed by atoms with Gasteiger partial charge in [-0.05, 0) is 18.2 Å². The standard InChI is InChI=1S/C9H5ClF4O3/c10-5-1-4(7(15)16)2-6(3-5)17-8(11)9(12,13)14/h1-3,8H,(H,15,16). The maximum Gasteiger partial charge on any atom is 0.457 e. The van der Waals surface area contributed by atoms with E-state index in [4.69, 9.17) is 16.7 Å². The maximum atomic E-state index is 12.5. The largest absolute Gasteiger partial charge is 0.478 e. The molecule has 94 valence electrons. The highest BCUT2D eigenvalue weighted by molar-refractivity contribution is 6.31. The van der Waals surface area contributed by atoms with E-state index in [-0.39, 0.29) is 5.02 Å². The highest BCUT2D eigenvalue weighted by atomic mass is 35.5. The van der Waals surface area contributed by atoms with Crippen LogP contribution in [0, 0.1) is 0 Å². The Balaban J connectivity index is 2.96. The second-order valence-electron chi connectivity index (χ2n) is 2.96. The van der Waals surface area contributed by atoms with Crippen molar-refractivity contribution in [2.75, 3.05) is 0 Å². The molecule has 1 aromatic rings. The molecular formula is C9H5ClF4O3. The van der Waals surface area contributed by atoms with E-state index in [1.165, 1.54) is 0 Å². The van der Waals surface area contributed by atoms with Crippen molar-refractivity contribution in [3.63, 3.8) is 0 Å². The van der Waals surface area contributed by atoms with E-state index in [2.05, 4.69) is 4.74 Å². The number of carbonyl (C=O) groups is 1. The minimum Gasteiger partial charge on any atom is -0.478 e. The first kappa shape index (κ1) is 13.6. The Labute approximate surface area is 97.6 Å². The van der Waals surface area contributed by atoms with Crippen LogP contribution in [0.4, 0.5) is 17.6 Å². The molecule has 8 heteroatoms. The fourth-order valence-electron chi connectivity index (χ4n) is 0.941. The fourth-order valence-corrected chi connectivity index (χ4v) is 1.17. The van der Waals surface area contributed by atoms with Crippen LogP contribution in [0.15, 0.2) is 18.2 Å². The SMILES string of the molecule is O=C(O)c1cc(Cl)cc(OC(F)C(F)(F)F)c1. The summed E-state index contributed by atoms with van der Waals surface area (Å²) in [7, 11) is 0. The second kappa shape index (κ2) is 4.79. The number of hydrogen-bond acceptors (Lipinski definition) is 2. The predicted octanol–water partition coefficient (Wildman–Crippen LogP) is 3.27. The van der Waals surface area contributed by atoms with Gasteiger partial charge in [-0.3, -0.25) is 0 Å². The average molecular weight is 273 g/mol. The number of benzene rings is 1. The molecule has 1 unspecified atom stereocenters. The Morgan fingerprint density at radius 1 is 1.35 bits per heavy atom. The third kappa shape index (κ3) is 3.77. The minimum absolute atomic E-state index is 0.172. The summed E-state index contributed by atoms with van der Waals surface area (Å²) in [5.41, 5.74) is -0.401. The van der Waals surface area contributed by atoms with Crippen molar-refractivity contribution < 1.29 is 32.2 Å². The van der Waals surface area contributed by atoms with Crippen LogP contribution in [0.5, 0.6) is 5.75 Å². The normalized spacial score (nSPS) is 13.2. The summed E-state index contributed by atoms with van der Waals surface area (Å²) in [5.74, 6) is -2.03. The minimum atomic E-state index is -5.19. The zero-order valence-electron chi connectivity index (χ0n) is 7.96. The molecule has 0 saturated carbocycles. The van der Waals surface area contributed by atoms with E-state index in [9.17, 15) is 22.4 Å². The van der Waals surface area contributed by atoms with Crippen molar-refractivity contribution in [3.05, 3.63) is 28.8 Å². The number of aromatic carboxylic acids is 1. The van der Waals surface area contributed by atoms with E-state index in [0.29, 0.717) is 0 Å². The Morgan fingerprint density at radius 2 is 1.94 bits per heavy atom. The number of carboxylic acids is 1. The maximum absolute atomic E-state index is 12.5. The van der Waals surface area contributed by atoms with Crippen LogP contribution in [0.1, 0.15) is 10.4 Å². The highest BCUT2D eigenvalue weighted by Gasteiger charge is 2.42. The van der Waals surface area contributed by atoms with Gasteiger partial charge in [-0.2, -0.15) is 17.6 Å². The molecule has 1 rings (SSSR count). The third-order valence-corrected chi connectivity index (χ3v) is 1.83. The Hall–Kier alpha value is -1.50. The molecule has 0 saturated heterocycles. The van der Waals surface area contributed by atoms with Crippen LogP contribution in [0.2, 0.25) is 5.02 Å². The second-order valence-corrected chi connectivity index (χ2v) is 3.39. The van der Waals surface area contributed by atoms with Gasteiger partial charge in [-0.1, -0.05) is 11.6 Å². The number of alkyl halides is 4. The Kier molecular flexibility index (Phi) is 3.82. The van der Waals surface area contributed by atoms with Gasteiger partial charge in [-0.15, -0.1) is 0 Å². The Morgan fingerprint density at radius 3 is 2.41 bits per heavy atom. The number of ether oxygens (including phenoxy) is 1. The zero-order chi connectivity index (χ0) is 13.2. The average Bonchev–Trinajstić information content (AvgIpc) is 2.14. The van der Waals surface area contributed by atoms with E-state index in [1.54, 1.807) is 0 Å². The smallest absolute Gasteiger partial charge is 0.457 e. The van der Waals surface area contributed by atoms with Crippen LogP contribution in [0.25, 0.3) is 0 Å². The molecule has 0 aliphatic heterocycles. The lowest BCUT2D eigenvalue weighted by atomic mass is 10.2. The molecular weight excluding hydrogens is 268 g/mol. The molecule has 0 amide bonds. The molecule has 0 bridgehead atoms. The quantitative estimate of drug-likeness (QED) is 0.859. The number of halogens is 5. The summed E-state index contributed by atoms with van der Waals surface area (Å²) in [6.45, 7) is 0. The van der Waals surface area contributed by atoms with Gasteiger partial charge < -0.3 is 9.84 Å². The van der Waals surface area contributed by atoms with Crippen molar-refractivity contribution in [2.24, 2.45) is 0 Å². The lowest BCUT2D eigenvalue weighted by Gasteiger charge is -2.14. The van der Waals surface area contributed by atoms with E-state index >= 15 is 0 Å². The van der Waals surface area contributed by atoms with Crippen molar-refractivity contribution in [1.82, 2.24) is 0 Å². The first-order chi connectivity index (χ1) is 7.70. The van der Waals surface area contributed by atoms with Gasteiger partial charge in [0.25, 0.3) is 0 Å². The molecule has 0 radical (unpaired) electrons. The molecule has 17 heavy (non-hydrogen) atoms. The lowest BCUT2D eigenvalue weighted by molar-refractivity contribution is -0.236. The van der Waals surface area contributed by atoms with E-state index in [0.717, 1.165) is 18.2 Å². The summed E-state index contributed by atoms with van der Waals surface area (Å²) in [5, 5.41) is 8.43. The Bertz CT molecular complexity index is 433. The lowest BCUT2D eigenvalue weighted by Crippen LogP contribution is -2.29. The summed E-state index contributed by atoms with van der Waals surface area (Å²) in [4.78, 5) is 10.6. The molecule has 1 N–H and O–H groups in total. The van der Waals surface area contributed by atoms with Gasteiger partial charge in [0.2, 0.25) is 0 Å². The van der Waals surface area contributed by atoms with Crippen LogP contribution in [0.3, 0.4) is 0 Å². The van der Waals surface area contributed by atoms with Gasteiger partial charge in [0, 0.05) is 5.02 Å². The molecule has 1 atom stereocenters. The first-order valence-electron chi connectivity index (χ1n) is 4.11. The summed E-state index contributed by atoms with van der Waals surface area (Å²) in [6.07, 6.45) is -8.73. The third-order valence-electron chi connectivity index (χ3n) is 1.62. The summed E-state index contributed by atoms with van der Waals surface area (Å²) in [6, 6.07) is 2.62. The fraction of sp³-hybridized carbons (Fsp3) is 0.222. The summed E-state index contributed by atoms with van der Waals surface area (Å²) < 4.78 is 52.0. The van der Waals surface area contributed by atoms with Crippen LogP contribution in [-0.2, 0) is 0 Å². The zero-order valence-corrected chi connectivity index (χ0v) is 8.72. The van der Waals surface area contributed by atoms with Gasteiger partial charge in [0.1, 0.15) is 5.75 Å². The molecule has 1 aromatic carbocycles. The van der Waals surface area contributed by atoms with Crippen molar-refractivity contribution in [1.29, 1.82) is 0 Å². The van der Waals surface area contributed by atoms with Gasteiger partial charge in [0.05, 0.1) is 5.56 Å². The van der Waals surface area contributed by atoms with E-state index < -0.39 is 29.8 Å². The van der Waals surface area contributed by atoms with Gasteiger partial charge in [0.15, 0.2) is 0 Å². The molecule has 0 fully saturated rings. The van der Waals surface area contributed by atoms with Gasteiger partial charge >= 0.3 is 18.5 Å². The summed E-state index contributed by atoms with van der Waals surface area (Å²) >= 11 is 5.44. The molecule has 0 aliphatic carbocycles. The van der Waals surface area contributed by atoms with Crippen molar-refractivity contribution in [2.45, 2.75) is 12.5 Å². The van der Waals surface area contributed by atoms with E-state index in [1.807, 2.05) is 0 Å². The number of carboxylic acid groups (broad SMARTS) is 1. The van der Waals surface area contributed by atoms with Crippen LogP contribution < -0.4 is 4.74 Å². The van der Waals surface area contributed by atoms with Crippen LogP contribution >= 0.6 is 11.6 Å². The molecule has 0 aliphatic rings. The monoisotopic (exact) mass is 272 g/mol. The topological polar surface area (TPSA) is 46.5 Å². The molecule has 0 aromatic heterocycles. The number of hydrogen-bond donors (Lipinski definition) is 1. The predicted molar refractivity (Wildman–Crippen MR) is 50.0 cm³/mol. The first-order valence-corrected chi connectivity index (χ1v) is 4.49. The number of rotatable bonds is 3. The molecule has 3 nitrogen and oxygen atoms in total. The molecule has 0 spiro atoms. The van der Waals surface area contributed by atoms with Crippen molar-refractivity contribution in [3.8, 4) is 5.75 Å². The van der Waals surface area contributed by atoms with Gasteiger partial charge in [-0.25, -0.2) is 4.79 Å². The highest BCUT2D eigenvalue weighted by Crippen LogP contribution is 2.28.